The van der Waals surface area contributed by atoms with E-state index in [1.807, 2.05) is 60.1 Å². The van der Waals surface area contributed by atoms with Crippen LogP contribution in [0.25, 0.3) is 16.3 Å². The molecule has 1 N–H and O–H groups in total. The van der Waals surface area contributed by atoms with E-state index in [-0.39, 0.29) is 17.9 Å². The molecule has 4 aromatic rings. The summed E-state index contributed by atoms with van der Waals surface area (Å²) in [5.74, 6) is -0.313. The molecule has 8 heteroatoms. The molecule has 4 nitrogen and oxygen atoms in total. The van der Waals surface area contributed by atoms with Gasteiger partial charge in [0.15, 0.2) is 0 Å². The fourth-order valence-corrected chi connectivity index (χ4v) is 6.46. The van der Waals surface area contributed by atoms with E-state index in [0.717, 1.165) is 56.1 Å². The number of hydrogen-bond donors (Lipinski definition) is 1. The second kappa shape index (κ2) is 9.86. The largest absolute Gasteiger partial charge is 0.349 e. The van der Waals surface area contributed by atoms with Crippen LogP contribution in [-0.2, 0) is 11.2 Å². The number of halogens is 3. The van der Waals surface area contributed by atoms with Crippen molar-refractivity contribution in [3.63, 3.8) is 0 Å². The van der Waals surface area contributed by atoms with Crippen LogP contribution in [0.5, 0.6) is 0 Å². The van der Waals surface area contributed by atoms with Crippen LogP contribution >= 0.6 is 50.5 Å². The van der Waals surface area contributed by atoms with Crippen molar-refractivity contribution in [1.29, 1.82) is 0 Å². The minimum atomic E-state index is -0.315. The molecule has 0 bridgehead atoms. The third kappa shape index (κ3) is 4.57. The Morgan fingerprint density at radius 3 is 2.68 bits per heavy atom. The molecular weight excluding hydrogens is 553 g/mol. The number of rotatable bonds is 5. The highest BCUT2D eigenvalue weighted by Crippen LogP contribution is 2.43. The maximum atomic E-state index is 13.4. The molecule has 0 fully saturated rings. The first-order valence-corrected chi connectivity index (χ1v) is 13.5. The number of hydrogen-bond acceptors (Lipinski definition) is 3. The number of nitrogens with zero attached hydrogens (tertiary/aromatic N) is 2. The molecule has 1 aliphatic rings. The topological polar surface area (TPSA) is 46.9 Å². The molecule has 2 heterocycles. The highest BCUT2D eigenvalue weighted by molar-refractivity contribution is 9.11. The van der Waals surface area contributed by atoms with Gasteiger partial charge in [-0.1, -0.05) is 53.5 Å². The maximum Gasteiger partial charge on any atom is 0.229 e. The Balaban J connectivity index is 1.57. The zero-order chi connectivity index (χ0) is 23.8. The van der Waals surface area contributed by atoms with Gasteiger partial charge in [-0.15, -0.1) is 11.3 Å². The minimum absolute atomic E-state index is 0.00284. The van der Waals surface area contributed by atoms with Crippen LogP contribution in [0.1, 0.15) is 48.5 Å². The van der Waals surface area contributed by atoms with Crippen LogP contribution in [0.15, 0.2) is 64.5 Å². The highest BCUT2D eigenvalue weighted by Gasteiger charge is 2.34. The van der Waals surface area contributed by atoms with Gasteiger partial charge in [0.05, 0.1) is 42.7 Å². The van der Waals surface area contributed by atoms with Crippen molar-refractivity contribution in [2.75, 3.05) is 0 Å². The summed E-state index contributed by atoms with van der Waals surface area (Å²) in [5.41, 5.74) is 4.75. The Hall–Kier alpha value is -2.12. The van der Waals surface area contributed by atoms with E-state index in [1.54, 1.807) is 17.4 Å². The van der Waals surface area contributed by atoms with E-state index < -0.39 is 0 Å². The standard InChI is InChI=1S/C26H22BrCl2N3OS/c1-15(16-6-3-2-4-7-16)30-26(33)19-9-5-8-18-24(19)31-32(21-11-10-17(28)14-20(21)29)25(18)22-12-13-23(27)34-22/h2-4,6-7,10-15,19H,5,8-9H2,1H3,(H,30,33)/t15-,19-/m1/s1. The van der Waals surface area contributed by atoms with Gasteiger partial charge in [-0.2, -0.15) is 5.10 Å². The smallest absolute Gasteiger partial charge is 0.229 e. The Kier molecular flexibility index (Phi) is 6.85. The first-order chi connectivity index (χ1) is 16.4. The number of fused-ring (bicyclic) bond motifs is 1. The van der Waals surface area contributed by atoms with Crippen molar-refractivity contribution in [2.24, 2.45) is 0 Å². The van der Waals surface area contributed by atoms with Crippen molar-refractivity contribution in [3.05, 3.63) is 91.3 Å². The van der Waals surface area contributed by atoms with Gasteiger partial charge >= 0.3 is 0 Å². The molecule has 0 unspecified atom stereocenters. The SMILES string of the molecule is C[C@@H](NC(=O)[C@@H]1CCCc2c1nn(-c1ccc(Cl)cc1Cl)c2-c1ccc(Br)s1)c1ccccc1. The summed E-state index contributed by atoms with van der Waals surface area (Å²) in [7, 11) is 0. The summed E-state index contributed by atoms with van der Waals surface area (Å²) in [6.45, 7) is 2.01. The lowest BCUT2D eigenvalue weighted by molar-refractivity contribution is -0.123. The molecule has 0 aliphatic heterocycles. The number of thiophene rings is 1. The van der Waals surface area contributed by atoms with Gasteiger partial charge in [0.25, 0.3) is 0 Å². The van der Waals surface area contributed by atoms with Gasteiger partial charge in [0, 0.05) is 10.6 Å². The van der Waals surface area contributed by atoms with Crippen molar-refractivity contribution < 1.29 is 4.79 Å². The molecule has 2 aromatic carbocycles. The van der Waals surface area contributed by atoms with Crippen LogP contribution < -0.4 is 5.32 Å². The fourth-order valence-electron chi connectivity index (χ4n) is 4.53. The van der Waals surface area contributed by atoms with Crippen LogP contribution in [0.4, 0.5) is 0 Å². The molecule has 0 saturated heterocycles. The van der Waals surface area contributed by atoms with E-state index in [2.05, 4.69) is 27.3 Å². The number of carbonyl (C=O) groups excluding carboxylic acids is 1. The summed E-state index contributed by atoms with van der Waals surface area (Å²) in [6.07, 6.45) is 2.55. The zero-order valence-electron chi connectivity index (χ0n) is 18.4. The Bertz CT molecular complexity index is 1350. The van der Waals surface area contributed by atoms with Crippen LogP contribution in [0.2, 0.25) is 10.0 Å². The second-order valence-corrected chi connectivity index (χ2v) is 11.7. The lowest BCUT2D eigenvalue weighted by Crippen LogP contribution is -2.33. The third-order valence-corrected chi connectivity index (χ3v) is 8.35. The summed E-state index contributed by atoms with van der Waals surface area (Å²) < 4.78 is 2.92. The van der Waals surface area contributed by atoms with Crippen molar-refractivity contribution in [2.45, 2.75) is 38.1 Å². The molecule has 5 rings (SSSR count). The molecule has 0 spiro atoms. The van der Waals surface area contributed by atoms with Gasteiger partial charge in [-0.3, -0.25) is 4.79 Å². The number of nitrogens with one attached hydrogen (secondary N) is 1. The molecule has 1 aliphatic carbocycles. The lowest BCUT2D eigenvalue weighted by atomic mass is 9.85. The predicted octanol–water partition coefficient (Wildman–Crippen LogP) is 7.97. The summed E-state index contributed by atoms with van der Waals surface area (Å²) in [4.78, 5) is 14.5. The highest BCUT2D eigenvalue weighted by atomic mass is 79.9. The van der Waals surface area contributed by atoms with Gasteiger partial charge in [-0.05, 0) is 78.0 Å². The first kappa shape index (κ1) is 23.6. The summed E-state index contributed by atoms with van der Waals surface area (Å²) in [6, 6.07) is 19.4. The quantitative estimate of drug-likeness (QED) is 0.263. The maximum absolute atomic E-state index is 13.4. The predicted molar refractivity (Wildman–Crippen MR) is 143 cm³/mol. The van der Waals surface area contributed by atoms with Gasteiger partial charge in [0.1, 0.15) is 0 Å². The zero-order valence-corrected chi connectivity index (χ0v) is 22.3. The molecule has 34 heavy (non-hydrogen) atoms. The number of amides is 1. The number of aromatic nitrogens is 2. The lowest BCUT2D eigenvalue weighted by Gasteiger charge is -2.23. The van der Waals surface area contributed by atoms with Crippen molar-refractivity contribution in [1.82, 2.24) is 15.1 Å². The summed E-state index contributed by atoms with van der Waals surface area (Å²) in [5, 5.41) is 9.29. The molecule has 1 amide bonds. The van der Waals surface area contributed by atoms with E-state index in [4.69, 9.17) is 28.3 Å². The fraction of sp³-hybridized carbons (Fsp3) is 0.231. The van der Waals surface area contributed by atoms with Gasteiger partial charge in [0.2, 0.25) is 5.91 Å². The average molecular weight is 575 g/mol. The number of carbonyl (C=O) groups is 1. The summed E-state index contributed by atoms with van der Waals surface area (Å²) >= 11 is 18.0. The van der Waals surface area contributed by atoms with Crippen LogP contribution in [0.3, 0.4) is 0 Å². The normalized spacial score (nSPS) is 16.2. The Morgan fingerprint density at radius 1 is 1.18 bits per heavy atom. The molecule has 2 aromatic heterocycles. The molecule has 174 valence electrons. The monoisotopic (exact) mass is 573 g/mol. The van der Waals surface area contributed by atoms with Crippen LogP contribution in [-0.4, -0.2) is 15.7 Å². The van der Waals surface area contributed by atoms with E-state index in [9.17, 15) is 4.79 Å². The molecule has 0 saturated carbocycles. The van der Waals surface area contributed by atoms with Gasteiger partial charge in [-0.25, -0.2) is 4.68 Å². The van der Waals surface area contributed by atoms with E-state index in [1.165, 1.54) is 0 Å². The Morgan fingerprint density at radius 2 is 1.97 bits per heavy atom. The number of benzene rings is 2. The van der Waals surface area contributed by atoms with Crippen molar-refractivity contribution in [3.8, 4) is 16.3 Å². The molecular formula is C26H22BrCl2N3OS. The van der Waals surface area contributed by atoms with E-state index >= 15 is 0 Å². The van der Waals surface area contributed by atoms with Gasteiger partial charge < -0.3 is 5.32 Å². The van der Waals surface area contributed by atoms with Crippen LogP contribution in [0, 0.1) is 0 Å². The van der Waals surface area contributed by atoms with Crippen molar-refractivity contribution >= 4 is 56.4 Å². The molecule has 2 atom stereocenters. The molecule has 0 radical (unpaired) electrons. The third-order valence-electron chi connectivity index (χ3n) is 6.18. The van der Waals surface area contributed by atoms with E-state index in [0.29, 0.717) is 10.0 Å². The minimum Gasteiger partial charge on any atom is -0.349 e. The Labute approximate surface area is 221 Å². The average Bonchev–Trinajstić information content (AvgIpc) is 3.42. The first-order valence-electron chi connectivity index (χ1n) is 11.1. The second-order valence-electron chi connectivity index (χ2n) is 8.41.